The van der Waals surface area contributed by atoms with Crippen molar-refractivity contribution in [2.45, 2.75) is 46.1 Å². The first-order chi connectivity index (χ1) is 13.0. The number of carbonyl (C=O) groups excluding carboxylic acids is 2. The Kier molecular flexibility index (Phi) is 9.51. The third-order valence-electron chi connectivity index (χ3n) is 3.90. The van der Waals surface area contributed by atoms with Gasteiger partial charge in [-0.1, -0.05) is 63.2 Å². The first kappa shape index (κ1) is 22.1. The van der Waals surface area contributed by atoms with Crippen molar-refractivity contribution in [3.8, 4) is 0 Å². The van der Waals surface area contributed by atoms with Crippen molar-refractivity contribution in [1.29, 1.82) is 0 Å². The van der Waals surface area contributed by atoms with Crippen LogP contribution in [0, 0.1) is 0 Å². The molecule has 0 aliphatic heterocycles. The van der Waals surface area contributed by atoms with Crippen LogP contribution < -0.4 is 5.32 Å². The van der Waals surface area contributed by atoms with Gasteiger partial charge in [0, 0.05) is 24.8 Å². The zero-order valence-corrected chi connectivity index (χ0v) is 16.1. The van der Waals surface area contributed by atoms with E-state index in [0.717, 1.165) is 11.1 Å². The summed E-state index contributed by atoms with van der Waals surface area (Å²) in [4.78, 5) is 35.1. The molecular formula is C22H27NO4. The predicted octanol–water partition coefficient (Wildman–Crippen LogP) is 3.66. The summed E-state index contributed by atoms with van der Waals surface area (Å²) in [5, 5.41) is 11.9. The average Bonchev–Trinajstić information content (AvgIpc) is 2.70. The zero-order valence-electron chi connectivity index (χ0n) is 16.1. The van der Waals surface area contributed by atoms with E-state index in [1.54, 1.807) is 42.5 Å². The Labute approximate surface area is 160 Å². The lowest BCUT2D eigenvalue weighted by molar-refractivity contribution is -0.139. The van der Waals surface area contributed by atoms with Crippen LogP contribution in [0.2, 0.25) is 0 Å². The Balaban J connectivity index is 0.00000176. The summed E-state index contributed by atoms with van der Waals surface area (Å²) in [6.07, 6.45) is 1.05. The number of aliphatic carboxylic acids is 1. The Morgan fingerprint density at radius 1 is 0.926 bits per heavy atom. The Morgan fingerprint density at radius 2 is 1.48 bits per heavy atom. The number of hydrogen-bond donors (Lipinski definition) is 2. The van der Waals surface area contributed by atoms with Crippen molar-refractivity contribution in [2.24, 2.45) is 0 Å². The molecule has 0 bridgehead atoms. The number of ketones is 1. The minimum absolute atomic E-state index is 0.159. The summed E-state index contributed by atoms with van der Waals surface area (Å²) >= 11 is 0. The molecule has 2 aromatic rings. The summed E-state index contributed by atoms with van der Waals surface area (Å²) in [7, 11) is 0. The lowest BCUT2D eigenvalue weighted by Gasteiger charge is -2.15. The largest absolute Gasteiger partial charge is 0.480 e. The van der Waals surface area contributed by atoms with E-state index >= 15 is 0 Å². The first-order valence-electron chi connectivity index (χ1n) is 9.17. The number of amides is 1. The first-order valence-corrected chi connectivity index (χ1v) is 9.17. The third-order valence-corrected chi connectivity index (χ3v) is 3.90. The van der Waals surface area contributed by atoms with Gasteiger partial charge in [-0.25, -0.2) is 4.79 Å². The fraction of sp³-hybridized carbons (Fsp3) is 0.318. The lowest BCUT2D eigenvalue weighted by atomic mass is 10.0. The van der Waals surface area contributed by atoms with Crippen molar-refractivity contribution in [1.82, 2.24) is 5.32 Å². The van der Waals surface area contributed by atoms with E-state index in [0.29, 0.717) is 18.4 Å². The summed E-state index contributed by atoms with van der Waals surface area (Å²) in [5.74, 6) is -1.35. The van der Waals surface area contributed by atoms with E-state index in [9.17, 15) is 19.5 Å². The minimum atomic E-state index is -1.09. The Morgan fingerprint density at radius 3 is 2.00 bits per heavy atom. The number of rotatable bonds is 8. The molecular weight excluding hydrogens is 342 g/mol. The SMILES string of the molecule is CC.CCC(=O)Cc1ccc(CC(NC(=O)c2ccccc2)C(=O)O)cc1. The highest BCUT2D eigenvalue weighted by Crippen LogP contribution is 2.10. The molecule has 1 unspecified atom stereocenters. The quantitative estimate of drug-likeness (QED) is 0.744. The molecule has 0 fully saturated rings. The summed E-state index contributed by atoms with van der Waals surface area (Å²) < 4.78 is 0. The Bertz CT molecular complexity index is 739. The van der Waals surface area contributed by atoms with Crippen LogP contribution in [0.4, 0.5) is 0 Å². The van der Waals surface area contributed by atoms with Crippen molar-refractivity contribution >= 4 is 17.7 Å². The molecule has 0 radical (unpaired) electrons. The van der Waals surface area contributed by atoms with E-state index in [1.165, 1.54) is 0 Å². The molecule has 27 heavy (non-hydrogen) atoms. The molecule has 0 spiro atoms. The number of carboxylic acid groups (broad SMARTS) is 1. The minimum Gasteiger partial charge on any atom is -0.480 e. The van der Waals surface area contributed by atoms with Gasteiger partial charge in [-0.15, -0.1) is 0 Å². The van der Waals surface area contributed by atoms with E-state index in [-0.39, 0.29) is 12.2 Å². The van der Waals surface area contributed by atoms with Crippen molar-refractivity contribution in [3.05, 3.63) is 71.3 Å². The van der Waals surface area contributed by atoms with Crippen molar-refractivity contribution in [3.63, 3.8) is 0 Å². The van der Waals surface area contributed by atoms with Gasteiger partial charge < -0.3 is 10.4 Å². The second-order valence-corrected chi connectivity index (χ2v) is 5.82. The number of benzene rings is 2. The number of hydrogen-bond acceptors (Lipinski definition) is 3. The number of carboxylic acids is 1. The van der Waals surface area contributed by atoms with Crippen LogP contribution in [-0.2, 0) is 22.4 Å². The van der Waals surface area contributed by atoms with Gasteiger partial charge >= 0.3 is 5.97 Å². The van der Waals surface area contributed by atoms with Gasteiger partial charge in [0.05, 0.1) is 0 Å². The van der Waals surface area contributed by atoms with Crippen LogP contribution in [0.5, 0.6) is 0 Å². The highest BCUT2D eigenvalue weighted by molar-refractivity contribution is 5.96. The monoisotopic (exact) mass is 369 g/mol. The summed E-state index contributed by atoms with van der Waals surface area (Å²) in [6.45, 7) is 5.82. The zero-order chi connectivity index (χ0) is 20.2. The normalized spacial score (nSPS) is 10.9. The molecule has 0 aromatic heterocycles. The van der Waals surface area contributed by atoms with E-state index in [1.807, 2.05) is 32.9 Å². The topological polar surface area (TPSA) is 83.5 Å². The number of Topliss-reactive ketones (excluding diaryl/α,β-unsaturated/α-hetero) is 1. The second kappa shape index (κ2) is 11.6. The maximum atomic E-state index is 12.1. The fourth-order valence-electron chi connectivity index (χ4n) is 2.41. The molecule has 0 aliphatic carbocycles. The smallest absolute Gasteiger partial charge is 0.326 e. The van der Waals surface area contributed by atoms with Gasteiger partial charge in [0.15, 0.2) is 0 Å². The molecule has 0 aliphatic rings. The van der Waals surface area contributed by atoms with E-state index in [2.05, 4.69) is 5.32 Å². The highest BCUT2D eigenvalue weighted by Gasteiger charge is 2.21. The van der Waals surface area contributed by atoms with Gasteiger partial charge in [-0.05, 0) is 23.3 Å². The highest BCUT2D eigenvalue weighted by atomic mass is 16.4. The molecule has 0 heterocycles. The maximum absolute atomic E-state index is 12.1. The van der Waals surface area contributed by atoms with Crippen LogP contribution in [0.15, 0.2) is 54.6 Å². The fourth-order valence-corrected chi connectivity index (χ4v) is 2.41. The van der Waals surface area contributed by atoms with Crippen LogP contribution in [0.25, 0.3) is 0 Å². The standard InChI is InChI=1S/C20H21NO4.C2H6/c1-2-17(22)12-14-8-10-15(11-9-14)13-18(20(24)25)21-19(23)16-6-4-3-5-7-16;1-2/h3-11,18H,2,12-13H2,1H3,(H,21,23)(H,24,25);1-2H3. The van der Waals surface area contributed by atoms with Gasteiger partial charge in [0.2, 0.25) is 0 Å². The Hall–Kier alpha value is -2.95. The molecule has 0 saturated heterocycles. The van der Waals surface area contributed by atoms with E-state index in [4.69, 9.17) is 0 Å². The van der Waals surface area contributed by atoms with Crippen LogP contribution >= 0.6 is 0 Å². The summed E-state index contributed by atoms with van der Waals surface area (Å²) in [5.41, 5.74) is 2.10. The van der Waals surface area contributed by atoms with Crippen LogP contribution in [-0.4, -0.2) is 28.8 Å². The van der Waals surface area contributed by atoms with E-state index < -0.39 is 17.9 Å². The molecule has 5 heteroatoms. The molecule has 1 atom stereocenters. The number of nitrogens with one attached hydrogen (secondary N) is 1. The molecule has 1 amide bonds. The van der Waals surface area contributed by atoms with Crippen LogP contribution in [0.1, 0.15) is 48.7 Å². The van der Waals surface area contributed by atoms with Crippen molar-refractivity contribution in [2.75, 3.05) is 0 Å². The molecule has 144 valence electrons. The number of carbonyl (C=O) groups is 3. The molecule has 0 saturated carbocycles. The maximum Gasteiger partial charge on any atom is 0.326 e. The van der Waals surface area contributed by atoms with Gasteiger partial charge in [0.1, 0.15) is 11.8 Å². The molecule has 5 nitrogen and oxygen atoms in total. The molecule has 2 rings (SSSR count). The second-order valence-electron chi connectivity index (χ2n) is 5.82. The van der Waals surface area contributed by atoms with Gasteiger partial charge in [0.25, 0.3) is 5.91 Å². The average molecular weight is 369 g/mol. The van der Waals surface area contributed by atoms with Gasteiger partial charge in [-0.3, -0.25) is 9.59 Å². The van der Waals surface area contributed by atoms with Gasteiger partial charge in [-0.2, -0.15) is 0 Å². The summed E-state index contributed by atoms with van der Waals surface area (Å²) in [6, 6.07) is 14.7. The van der Waals surface area contributed by atoms with Crippen molar-refractivity contribution < 1.29 is 19.5 Å². The predicted molar refractivity (Wildman–Crippen MR) is 106 cm³/mol. The lowest BCUT2D eigenvalue weighted by Crippen LogP contribution is -2.42. The molecule has 2 aromatic carbocycles. The molecule has 2 N–H and O–H groups in total. The third kappa shape index (κ3) is 7.44. The van der Waals surface area contributed by atoms with Crippen LogP contribution in [0.3, 0.4) is 0 Å².